The molecular formula is C13H26N2OS. The summed E-state index contributed by atoms with van der Waals surface area (Å²) in [6.45, 7) is 1.89. The van der Waals surface area contributed by atoms with E-state index < -0.39 is 0 Å². The predicted molar refractivity (Wildman–Crippen MR) is 73.9 cm³/mol. The van der Waals surface area contributed by atoms with Crippen LogP contribution in [0.3, 0.4) is 0 Å². The highest BCUT2D eigenvalue weighted by atomic mass is 32.2. The molecule has 2 aliphatic rings. The maximum atomic E-state index is 5.72. The van der Waals surface area contributed by atoms with Crippen LogP contribution in [0.4, 0.5) is 0 Å². The van der Waals surface area contributed by atoms with Gasteiger partial charge in [0.15, 0.2) is 0 Å². The number of hydrogen-bond donors (Lipinski definition) is 2. The van der Waals surface area contributed by atoms with Gasteiger partial charge in [-0.2, -0.15) is 11.8 Å². The molecule has 0 saturated carbocycles. The first kappa shape index (κ1) is 13.7. The molecule has 1 atom stereocenters. The molecule has 2 fully saturated rings. The highest BCUT2D eigenvalue weighted by molar-refractivity contribution is 7.99. The van der Waals surface area contributed by atoms with Crippen molar-refractivity contribution in [1.29, 1.82) is 0 Å². The summed E-state index contributed by atoms with van der Waals surface area (Å²) in [6.07, 6.45) is 7.72. The lowest BCUT2D eigenvalue weighted by Gasteiger charge is -2.30. The van der Waals surface area contributed by atoms with Crippen molar-refractivity contribution in [3.05, 3.63) is 0 Å². The normalized spacial score (nSPS) is 25.9. The third-order valence-corrected chi connectivity index (χ3v) is 5.20. The Morgan fingerprint density at radius 2 is 1.65 bits per heavy atom. The van der Waals surface area contributed by atoms with Gasteiger partial charge in [0.25, 0.3) is 0 Å². The number of nitrogens with two attached hydrogens (primary N) is 1. The molecule has 0 spiro atoms. The average molecular weight is 258 g/mol. The summed E-state index contributed by atoms with van der Waals surface area (Å²) >= 11 is 2.10. The van der Waals surface area contributed by atoms with Gasteiger partial charge >= 0.3 is 0 Å². The molecule has 2 saturated heterocycles. The van der Waals surface area contributed by atoms with Crippen LogP contribution in [0.5, 0.6) is 0 Å². The smallest absolute Gasteiger partial charge is 0.0468 e. The number of thioether (sulfide) groups is 1. The van der Waals surface area contributed by atoms with Crippen LogP contribution in [-0.4, -0.2) is 30.8 Å². The second-order valence-corrected chi connectivity index (χ2v) is 6.67. The third-order valence-electron chi connectivity index (χ3n) is 4.15. The molecule has 100 valence electrons. The van der Waals surface area contributed by atoms with Crippen molar-refractivity contribution >= 4 is 11.8 Å². The molecule has 0 bridgehead atoms. The van der Waals surface area contributed by atoms with Gasteiger partial charge in [-0.15, -0.1) is 0 Å². The minimum Gasteiger partial charge on any atom is -0.381 e. The Bertz CT molecular complexity index is 184. The average Bonchev–Trinajstić information content (AvgIpc) is 2.40. The summed E-state index contributed by atoms with van der Waals surface area (Å²) in [4.78, 5) is 0. The molecule has 0 amide bonds. The van der Waals surface area contributed by atoms with Gasteiger partial charge in [-0.05, 0) is 61.9 Å². The summed E-state index contributed by atoms with van der Waals surface area (Å²) in [6, 6.07) is 0.520. The van der Waals surface area contributed by atoms with E-state index in [9.17, 15) is 0 Å². The van der Waals surface area contributed by atoms with E-state index in [-0.39, 0.29) is 0 Å². The van der Waals surface area contributed by atoms with Crippen LogP contribution >= 0.6 is 11.8 Å². The largest absolute Gasteiger partial charge is 0.381 e. The topological polar surface area (TPSA) is 47.3 Å². The molecule has 1 unspecified atom stereocenters. The maximum Gasteiger partial charge on any atom is 0.0468 e. The highest BCUT2D eigenvalue weighted by Gasteiger charge is 2.22. The van der Waals surface area contributed by atoms with Gasteiger partial charge in [-0.1, -0.05) is 0 Å². The number of ether oxygens (including phenoxy) is 1. The summed E-state index contributed by atoms with van der Waals surface area (Å²) in [5.41, 5.74) is 3.05. The Morgan fingerprint density at radius 3 is 2.24 bits per heavy atom. The molecule has 0 aliphatic carbocycles. The molecule has 3 N–H and O–H groups in total. The van der Waals surface area contributed by atoms with Crippen molar-refractivity contribution in [2.24, 2.45) is 17.7 Å². The van der Waals surface area contributed by atoms with Crippen molar-refractivity contribution in [3.8, 4) is 0 Å². The van der Waals surface area contributed by atoms with Crippen LogP contribution in [0.1, 0.15) is 38.5 Å². The Labute approximate surface area is 109 Å². The van der Waals surface area contributed by atoms with E-state index in [1.165, 1.54) is 50.0 Å². The fourth-order valence-electron chi connectivity index (χ4n) is 3.00. The molecule has 4 heteroatoms. The fraction of sp³-hybridized carbons (Fsp3) is 1.00. The molecule has 0 radical (unpaired) electrons. The minimum absolute atomic E-state index is 0.520. The fourth-order valence-corrected chi connectivity index (χ4v) is 4.21. The first-order valence-electron chi connectivity index (χ1n) is 7.00. The zero-order valence-electron chi connectivity index (χ0n) is 10.7. The second kappa shape index (κ2) is 7.62. The third kappa shape index (κ3) is 4.78. The van der Waals surface area contributed by atoms with Crippen LogP contribution in [0.2, 0.25) is 0 Å². The zero-order chi connectivity index (χ0) is 11.9. The van der Waals surface area contributed by atoms with Crippen molar-refractivity contribution in [1.82, 2.24) is 5.43 Å². The molecule has 0 aromatic heterocycles. The Morgan fingerprint density at radius 1 is 1.06 bits per heavy atom. The molecule has 17 heavy (non-hydrogen) atoms. The first-order valence-corrected chi connectivity index (χ1v) is 8.15. The van der Waals surface area contributed by atoms with Crippen LogP contribution < -0.4 is 11.3 Å². The van der Waals surface area contributed by atoms with Crippen LogP contribution in [0, 0.1) is 11.8 Å². The van der Waals surface area contributed by atoms with Gasteiger partial charge in [0.2, 0.25) is 0 Å². The van der Waals surface area contributed by atoms with E-state index >= 15 is 0 Å². The molecule has 3 nitrogen and oxygen atoms in total. The summed E-state index contributed by atoms with van der Waals surface area (Å²) in [5.74, 6) is 10.1. The van der Waals surface area contributed by atoms with Gasteiger partial charge in [0.05, 0.1) is 0 Å². The number of hydrogen-bond acceptors (Lipinski definition) is 4. The monoisotopic (exact) mass is 258 g/mol. The Hall–Kier alpha value is 0.230. The predicted octanol–water partition coefficient (Wildman–Crippen LogP) is 2.17. The van der Waals surface area contributed by atoms with Gasteiger partial charge in [-0.25, -0.2) is 0 Å². The van der Waals surface area contributed by atoms with Gasteiger partial charge < -0.3 is 4.74 Å². The first-order chi connectivity index (χ1) is 8.38. The van der Waals surface area contributed by atoms with Crippen molar-refractivity contribution in [3.63, 3.8) is 0 Å². The van der Waals surface area contributed by atoms with Gasteiger partial charge in [-0.3, -0.25) is 11.3 Å². The van der Waals surface area contributed by atoms with Crippen molar-refractivity contribution in [2.75, 3.05) is 24.7 Å². The Balaban J connectivity index is 1.71. The quantitative estimate of drug-likeness (QED) is 0.586. The second-order valence-electron chi connectivity index (χ2n) is 5.45. The molecule has 0 aromatic carbocycles. The maximum absolute atomic E-state index is 5.72. The highest BCUT2D eigenvalue weighted by Crippen LogP contribution is 2.29. The molecule has 2 heterocycles. The van der Waals surface area contributed by atoms with Crippen molar-refractivity contribution in [2.45, 2.75) is 44.6 Å². The van der Waals surface area contributed by atoms with E-state index in [4.69, 9.17) is 10.6 Å². The van der Waals surface area contributed by atoms with Gasteiger partial charge in [0, 0.05) is 19.3 Å². The van der Waals surface area contributed by atoms with Crippen molar-refractivity contribution < 1.29 is 4.74 Å². The number of nitrogens with one attached hydrogen (secondary N) is 1. The molecule has 2 rings (SSSR count). The van der Waals surface area contributed by atoms with Gasteiger partial charge in [0.1, 0.15) is 0 Å². The van der Waals surface area contributed by atoms with E-state index in [1.54, 1.807) is 0 Å². The summed E-state index contributed by atoms with van der Waals surface area (Å²) in [7, 11) is 0. The SMILES string of the molecule is NNC(CC1CCOCC1)CC1CCSCC1. The number of rotatable bonds is 5. The van der Waals surface area contributed by atoms with E-state index in [1.807, 2.05) is 0 Å². The zero-order valence-corrected chi connectivity index (χ0v) is 11.5. The van der Waals surface area contributed by atoms with Crippen LogP contribution in [0.25, 0.3) is 0 Å². The standard InChI is InChI=1S/C13H26N2OS/c14-15-13(9-11-1-5-16-6-2-11)10-12-3-7-17-8-4-12/h11-13,15H,1-10,14H2. The molecule has 0 aromatic rings. The van der Waals surface area contributed by atoms with E-state index in [2.05, 4.69) is 17.2 Å². The number of hydrazine groups is 1. The lowest BCUT2D eigenvalue weighted by molar-refractivity contribution is 0.0594. The van der Waals surface area contributed by atoms with E-state index in [0.717, 1.165) is 25.0 Å². The summed E-state index contributed by atoms with van der Waals surface area (Å²) < 4.78 is 5.41. The van der Waals surface area contributed by atoms with Crippen LogP contribution in [-0.2, 0) is 4.74 Å². The van der Waals surface area contributed by atoms with Crippen LogP contribution in [0.15, 0.2) is 0 Å². The minimum atomic E-state index is 0.520. The molecule has 2 aliphatic heterocycles. The summed E-state index contributed by atoms with van der Waals surface area (Å²) in [5, 5.41) is 0. The lowest BCUT2D eigenvalue weighted by Crippen LogP contribution is -2.39. The van der Waals surface area contributed by atoms with E-state index in [0.29, 0.717) is 6.04 Å². The lowest BCUT2D eigenvalue weighted by atomic mass is 9.87. The Kier molecular flexibility index (Phi) is 6.12. The molecular weight excluding hydrogens is 232 g/mol.